The number of ether oxygens (including phenoxy) is 1. The zero-order chi connectivity index (χ0) is 24.5. The second kappa shape index (κ2) is 9.64. The standard InChI is InChI=1S/C25H36N6O3/c1-15(2)18-9-10-20-28-21-14-19(30-31(21)25(3,4)5)16-7-8-17(13-16)34-24(33)27-12-6-11-26-23(32)22(18)29-20/h9-10,14-17H,6-8,11-13H2,1-5H3,(H,26,32)(H,27,33)(H,28,29)/t16-,17+/m0/s1. The summed E-state index contributed by atoms with van der Waals surface area (Å²) in [7, 11) is 0. The van der Waals surface area contributed by atoms with Crippen LogP contribution in [0.5, 0.6) is 0 Å². The van der Waals surface area contributed by atoms with Gasteiger partial charge in [0.25, 0.3) is 5.91 Å². The van der Waals surface area contributed by atoms with E-state index < -0.39 is 6.09 Å². The third kappa shape index (κ3) is 5.34. The Kier molecular flexibility index (Phi) is 6.81. The summed E-state index contributed by atoms with van der Waals surface area (Å²) in [6, 6.07) is 5.93. The Hall–Kier alpha value is -3.10. The molecule has 2 amide bonds. The van der Waals surface area contributed by atoms with Crippen LogP contribution in [0.4, 0.5) is 16.4 Å². The highest BCUT2D eigenvalue weighted by Gasteiger charge is 2.32. The van der Waals surface area contributed by atoms with Crippen LogP contribution in [-0.4, -0.2) is 46.0 Å². The molecule has 2 aliphatic rings. The van der Waals surface area contributed by atoms with Gasteiger partial charge in [0.2, 0.25) is 0 Å². The Bertz CT molecular complexity index is 1060. The number of alkyl carbamates (subject to hydrolysis) is 1. The lowest BCUT2D eigenvalue weighted by Crippen LogP contribution is -2.32. The number of pyridine rings is 1. The minimum atomic E-state index is -0.405. The first kappa shape index (κ1) is 24.0. The third-order valence-corrected chi connectivity index (χ3v) is 6.37. The number of carbonyl (C=O) groups is 2. The first-order chi connectivity index (χ1) is 16.1. The summed E-state index contributed by atoms with van der Waals surface area (Å²) in [4.78, 5) is 29.9. The fraction of sp³-hybridized carbons (Fsp3) is 0.600. The second-order valence-corrected chi connectivity index (χ2v) is 10.5. The number of hydrogen-bond acceptors (Lipinski definition) is 6. The fourth-order valence-corrected chi connectivity index (χ4v) is 4.59. The SMILES string of the molecule is CC(C)c1ccc2nc1C(=O)NCCCNC(=O)O[C@@H]1CC[C@@H](C1)c1cc(n(C(C)(C)C)n1)N2. The van der Waals surface area contributed by atoms with Crippen LogP contribution in [0.2, 0.25) is 0 Å². The molecule has 9 heteroatoms. The van der Waals surface area contributed by atoms with Crippen LogP contribution in [-0.2, 0) is 10.3 Å². The van der Waals surface area contributed by atoms with Gasteiger partial charge in [-0.3, -0.25) is 4.79 Å². The molecule has 184 valence electrons. The molecule has 0 aromatic carbocycles. The second-order valence-electron chi connectivity index (χ2n) is 10.5. The van der Waals surface area contributed by atoms with E-state index in [1.807, 2.05) is 30.7 Å². The zero-order valence-corrected chi connectivity index (χ0v) is 20.8. The van der Waals surface area contributed by atoms with E-state index in [0.29, 0.717) is 31.0 Å². The van der Waals surface area contributed by atoms with E-state index in [9.17, 15) is 9.59 Å². The quantitative estimate of drug-likeness (QED) is 0.572. The van der Waals surface area contributed by atoms with Crippen LogP contribution in [0, 0.1) is 0 Å². The normalized spacial score (nSPS) is 21.7. The summed E-state index contributed by atoms with van der Waals surface area (Å²) in [5, 5.41) is 14.1. The molecule has 1 aliphatic heterocycles. The van der Waals surface area contributed by atoms with E-state index in [2.05, 4.69) is 42.8 Å². The van der Waals surface area contributed by atoms with Crippen LogP contribution < -0.4 is 16.0 Å². The van der Waals surface area contributed by atoms with E-state index in [4.69, 9.17) is 14.8 Å². The highest BCUT2D eigenvalue weighted by Crippen LogP contribution is 2.38. The molecule has 1 saturated carbocycles. The van der Waals surface area contributed by atoms with Crippen molar-refractivity contribution in [3.63, 3.8) is 0 Å². The summed E-state index contributed by atoms with van der Waals surface area (Å²) in [6.07, 6.45) is 2.58. The molecule has 3 heterocycles. The third-order valence-electron chi connectivity index (χ3n) is 6.37. The van der Waals surface area contributed by atoms with E-state index in [1.165, 1.54) is 0 Å². The lowest BCUT2D eigenvalue weighted by atomic mass is 10.0. The number of aromatic nitrogens is 3. The van der Waals surface area contributed by atoms with Gasteiger partial charge in [0.15, 0.2) is 0 Å². The molecule has 6 bridgehead atoms. The smallest absolute Gasteiger partial charge is 0.407 e. The van der Waals surface area contributed by atoms with E-state index >= 15 is 0 Å². The van der Waals surface area contributed by atoms with Crippen molar-refractivity contribution in [2.75, 3.05) is 18.4 Å². The van der Waals surface area contributed by atoms with Crippen molar-refractivity contribution < 1.29 is 14.3 Å². The van der Waals surface area contributed by atoms with Crippen molar-refractivity contribution in [2.24, 2.45) is 0 Å². The van der Waals surface area contributed by atoms with Crippen molar-refractivity contribution in [1.82, 2.24) is 25.4 Å². The molecular weight excluding hydrogens is 432 g/mol. The van der Waals surface area contributed by atoms with Gasteiger partial charge in [-0.1, -0.05) is 19.9 Å². The number of nitrogens with zero attached hydrogens (tertiary/aromatic N) is 3. The number of anilines is 2. The maximum Gasteiger partial charge on any atom is 0.407 e. The zero-order valence-electron chi connectivity index (χ0n) is 20.8. The number of rotatable bonds is 1. The van der Waals surface area contributed by atoms with E-state index in [-0.39, 0.29) is 29.4 Å². The van der Waals surface area contributed by atoms with Gasteiger partial charge >= 0.3 is 6.09 Å². The van der Waals surface area contributed by atoms with Crippen LogP contribution in [0.3, 0.4) is 0 Å². The number of amides is 2. The van der Waals surface area contributed by atoms with Gasteiger partial charge in [0, 0.05) is 25.1 Å². The Morgan fingerprint density at radius 1 is 1.12 bits per heavy atom. The lowest BCUT2D eigenvalue weighted by Gasteiger charge is -2.23. The first-order valence-electron chi connectivity index (χ1n) is 12.2. The maximum atomic E-state index is 13.0. The minimum absolute atomic E-state index is 0.118. The molecule has 1 fully saturated rings. The molecule has 0 unspecified atom stereocenters. The van der Waals surface area contributed by atoms with E-state index in [1.54, 1.807) is 0 Å². The predicted molar refractivity (Wildman–Crippen MR) is 131 cm³/mol. The van der Waals surface area contributed by atoms with Crippen molar-refractivity contribution in [3.8, 4) is 0 Å². The molecule has 2 atom stereocenters. The predicted octanol–water partition coefficient (Wildman–Crippen LogP) is 4.40. The highest BCUT2D eigenvalue weighted by molar-refractivity contribution is 5.94. The molecule has 0 spiro atoms. The van der Waals surface area contributed by atoms with Gasteiger partial charge in [-0.25, -0.2) is 14.5 Å². The summed E-state index contributed by atoms with van der Waals surface area (Å²) < 4.78 is 7.60. The summed E-state index contributed by atoms with van der Waals surface area (Å²) in [6.45, 7) is 11.3. The largest absolute Gasteiger partial charge is 0.446 e. The fourth-order valence-electron chi connectivity index (χ4n) is 4.59. The molecule has 1 aliphatic carbocycles. The number of hydrogen-bond donors (Lipinski definition) is 3. The Morgan fingerprint density at radius 3 is 2.62 bits per heavy atom. The van der Waals surface area contributed by atoms with Crippen LogP contribution in [0.25, 0.3) is 0 Å². The maximum absolute atomic E-state index is 13.0. The molecule has 9 nitrogen and oxygen atoms in total. The first-order valence-corrected chi connectivity index (χ1v) is 12.2. The number of carbonyl (C=O) groups excluding carboxylic acids is 2. The molecule has 34 heavy (non-hydrogen) atoms. The highest BCUT2D eigenvalue weighted by atomic mass is 16.6. The van der Waals surface area contributed by atoms with Gasteiger partial charge in [-0.2, -0.15) is 5.10 Å². The molecular formula is C25H36N6O3. The summed E-state index contributed by atoms with van der Waals surface area (Å²) in [5.74, 6) is 1.57. The van der Waals surface area contributed by atoms with Crippen molar-refractivity contribution in [1.29, 1.82) is 0 Å². The summed E-state index contributed by atoms with van der Waals surface area (Å²) in [5.41, 5.74) is 2.02. The topological polar surface area (TPSA) is 110 Å². The average Bonchev–Trinajstić information content (AvgIpc) is 3.39. The molecule has 4 rings (SSSR count). The van der Waals surface area contributed by atoms with Crippen molar-refractivity contribution in [3.05, 3.63) is 35.2 Å². The van der Waals surface area contributed by atoms with Crippen molar-refractivity contribution >= 4 is 23.6 Å². The van der Waals surface area contributed by atoms with Gasteiger partial charge in [0.1, 0.15) is 23.4 Å². The summed E-state index contributed by atoms with van der Waals surface area (Å²) >= 11 is 0. The molecule has 3 N–H and O–H groups in total. The van der Waals surface area contributed by atoms with Crippen LogP contribution >= 0.6 is 0 Å². The van der Waals surface area contributed by atoms with Gasteiger partial charge in [-0.05, 0) is 64.0 Å². The van der Waals surface area contributed by atoms with Crippen molar-refractivity contribution in [2.45, 2.75) is 83.8 Å². The Labute approximate surface area is 201 Å². The van der Waals surface area contributed by atoms with Gasteiger partial charge in [0.05, 0.1) is 11.2 Å². The molecule has 2 aromatic rings. The van der Waals surface area contributed by atoms with E-state index in [0.717, 1.165) is 36.3 Å². The molecule has 0 saturated heterocycles. The monoisotopic (exact) mass is 468 g/mol. The van der Waals surface area contributed by atoms with Gasteiger partial charge < -0.3 is 20.7 Å². The Balaban J connectivity index is 1.72. The van der Waals surface area contributed by atoms with Crippen LogP contribution in [0.15, 0.2) is 18.2 Å². The Morgan fingerprint density at radius 2 is 1.88 bits per heavy atom. The van der Waals surface area contributed by atoms with Crippen LogP contribution in [0.1, 0.15) is 93.9 Å². The lowest BCUT2D eigenvalue weighted by molar-refractivity contribution is 0.0946. The average molecular weight is 469 g/mol. The minimum Gasteiger partial charge on any atom is -0.446 e. The number of fused-ring (bicyclic) bond motifs is 7. The molecule has 0 radical (unpaired) electrons. The number of nitrogens with one attached hydrogen (secondary N) is 3. The van der Waals surface area contributed by atoms with Gasteiger partial charge in [-0.15, -0.1) is 0 Å². The molecule has 2 aromatic heterocycles.